The molecule has 1 heterocycles. The van der Waals surface area contributed by atoms with Crippen molar-refractivity contribution in [2.45, 2.75) is 57.9 Å². The van der Waals surface area contributed by atoms with Crippen LogP contribution in [-0.2, 0) is 0 Å². The van der Waals surface area contributed by atoms with E-state index in [4.69, 9.17) is 5.73 Å². The minimum Gasteiger partial charge on any atom is -0.328 e. The Hall–Kier alpha value is -0.0800. The highest BCUT2D eigenvalue weighted by atomic mass is 15.1. The van der Waals surface area contributed by atoms with E-state index in [1.165, 1.54) is 64.6 Å². The van der Waals surface area contributed by atoms with Crippen LogP contribution in [0.3, 0.4) is 0 Å². The average Bonchev–Trinajstić information content (AvgIpc) is 2.30. The van der Waals surface area contributed by atoms with Gasteiger partial charge in [-0.15, -0.1) is 0 Å². The molecule has 0 aromatic heterocycles. The minimum absolute atomic E-state index is 0.479. The van der Waals surface area contributed by atoms with Crippen LogP contribution in [-0.4, -0.2) is 30.6 Å². The average molecular weight is 224 g/mol. The summed E-state index contributed by atoms with van der Waals surface area (Å²) >= 11 is 0. The molecule has 1 aliphatic heterocycles. The first-order valence-electron chi connectivity index (χ1n) is 7.22. The fraction of sp³-hybridized carbons (Fsp3) is 1.00. The molecule has 1 saturated heterocycles. The topological polar surface area (TPSA) is 29.3 Å². The number of nitrogens with zero attached hydrogens (tertiary/aromatic N) is 1. The van der Waals surface area contributed by atoms with Gasteiger partial charge < -0.3 is 10.6 Å². The van der Waals surface area contributed by atoms with Crippen LogP contribution in [0.2, 0.25) is 0 Å². The Kier molecular flexibility index (Phi) is 4.66. The zero-order chi connectivity index (χ0) is 11.4. The summed E-state index contributed by atoms with van der Waals surface area (Å²) < 4.78 is 0. The van der Waals surface area contributed by atoms with Crippen molar-refractivity contribution in [3.8, 4) is 0 Å². The molecule has 1 aliphatic carbocycles. The summed E-state index contributed by atoms with van der Waals surface area (Å²) in [4.78, 5) is 2.63. The van der Waals surface area contributed by atoms with E-state index in [9.17, 15) is 0 Å². The van der Waals surface area contributed by atoms with E-state index in [1.54, 1.807) is 0 Å². The van der Waals surface area contributed by atoms with E-state index in [1.807, 2.05) is 0 Å². The molecule has 0 unspecified atom stereocenters. The zero-order valence-corrected chi connectivity index (χ0v) is 10.8. The Bertz CT molecular complexity index is 167. The van der Waals surface area contributed by atoms with Crippen molar-refractivity contribution in [1.82, 2.24) is 4.90 Å². The highest BCUT2D eigenvalue weighted by Crippen LogP contribution is 2.30. The molecule has 2 fully saturated rings. The molecule has 94 valence electrons. The van der Waals surface area contributed by atoms with Gasteiger partial charge in [-0.05, 0) is 50.7 Å². The van der Waals surface area contributed by atoms with Gasteiger partial charge >= 0.3 is 0 Å². The van der Waals surface area contributed by atoms with Crippen molar-refractivity contribution in [2.75, 3.05) is 19.6 Å². The van der Waals surface area contributed by atoms with Gasteiger partial charge in [-0.25, -0.2) is 0 Å². The van der Waals surface area contributed by atoms with Gasteiger partial charge in [0.25, 0.3) is 0 Å². The molecular weight excluding hydrogens is 196 g/mol. The molecule has 0 amide bonds. The van der Waals surface area contributed by atoms with Crippen molar-refractivity contribution in [3.63, 3.8) is 0 Å². The molecule has 2 N–H and O–H groups in total. The Morgan fingerprint density at radius 2 is 1.62 bits per heavy atom. The second-order valence-electron chi connectivity index (χ2n) is 6.09. The van der Waals surface area contributed by atoms with Gasteiger partial charge in [0.15, 0.2) is 0 Å². The molecule has 0 aromatic carbocycles. The summed E-state index contributed by atoms with van der Waals surface area (Å²) in [5, 5.41) is 0. The minimum atomic E-state index is 0.479. The number of rotatable bonds is 3. The number of nitrogens with two attached hydrogens (primary N) is 1. The maximum absolute atomic E-state index is 5.92. The van der Waals surface area contributed by atoms with E-state index in [0.29, 0.717) is 6.04 Å². The van der Waals surface area contributed by atoms with Gasteiger partial charge in [0.2, 0.25) is 0 Å². The quantitative estimate of drug-likeness (QED) is 0.798. The van der Waals surface area contributed by atoms with E-state index >= 15 is 0 Å². The SMILES string of the molecule is CC1CCC(CCN2CCC(N)CC2)CC1. The number of piperidine rings is 1. The van der Waals surface area contributed by atoms with Crippen molar-refractivity contribution in [3.05, 3.63) is 0 Å². The third-order valence-electron chi connectivity index (χ3n) is 4.62. The Morgan fingerprint density at radius 1 is 1.00 bits per heavy atom. The van der Waals surface area contributed by atoms with Crippen molar-refractivity contribution in [2.24, 2.45) is 17.6 Å². The lowest BCUT2D eigenvalue weighted by atomic mass is 9.81. The summed E-state index contributed by atoms with van der Waals surface area (Å²) in [5.74, 6) is 2.01. The van der Waals surface area contributed by atoms with Gasteiger partial charge in [0, 0.05) is 6.04 Å². The molecule has 0 bridgehead atoms. The molecular formula is C14H28N2. The number of hydrogen-bond acceptors (Lipinski definition) is 2. The van der Waals surface area contributed by atoms with Gasteiger partial charge in [-0.1, -0.05) is 32.6 Å². The van der Waals surface area contributed by atoms with Gasteiger partial charge in [-0.2, -0.15) is 0 Å². The first-order chi connectivity index (χ1) is 7.74. The molecule has 0 radical (unpaired) electrons. The van der Waals surface area contributed by atoms with Gasteiger partial charge in [0.05, 0.1) is 0 Å². The normalized spacial score (nSPS) is 34.1. The first-order valence-corrected chi connectivity index (χ1v) is 7.22. The van der Waals surface area contributed by atoms with E-state index < -0.39 is 0 Å². The standard InChI is InChI=1S/C14H28N2/c1-12-2-4-13(5-3-12)6-9-16-10-7-14(15)8-11-16/h12-14H,2-11,15H2,1H3. The maximum atomic E-state index is 5.92. The lowest BCUT2D eigenvalue weighted by Crippen LogP contribution is -2.40. The molecule has 2 heteroatoms. The van der Waals surface area contributed by atoms with Crippen LogP contribution >= 0.6 is 0 Å². The monoisotopic (exact) mass is 224 g/mol. The molecule has 16 heavy (non-hydrogen) atoms. The number of hydrogen-bond donors (Lipinski definition) is 1. The van der Waals surface area contributed by atoms with Crippen molar-refractivity contribution in [1.29, 1.82) is 0 Å². The van der Waals surface area contributed by atoms with Crippen LogP contribution < -0.4 is 5.73 Å². The smallest absolute Gasteiger partial charge is 0.00631 e. The zero-order valence-electron chi connectivity index (χ0n) is 10.8. The predicted molar refractivity (Wildman–Crippen MR) is 69.4 cm³/mol. The fourth-order valence-electron chi connectivity index (χ4n) is 3.16. The Labute approximate surface area is 101 Å². The lowest BCUT2D eigenvalue weighted by molar-refractivity contribution is 0.182. The maximum Gasteiger partial charge on any atom is 0.00631 e. The van der Waals surface area contributed by atoms with Crippen LogP contribution in [0.5, 0.6) is 0 Å². The molecule has 2 rings (SSSR count). The number of likely N-dealkylation sites (tertiary alicyclic amines) is 1. The van der Waals surface area contributed by atoms with Crippen LogP contribution in [0, 0.1) is 11.8 Å². The summed E-state index contributed by atoms with van der Waals surface area (Å²) in [7, 11) is 0. The predicted octanol–water partition coefficient (Wildman–Crippen LogP) is 2.63. The molecule has 2 nitrogen and oxygen atoms in total. The molecule has 0 atom stereocenters. The van der Waals surface area contributed by atoms with Crippen LogP contribution in [0.15, 0.2) is 0 Å². The first kappa shape index (κ1) is 12.4. The summed E-state index contributed by atoms with van der Waals surface area (Å²) in [6.45, 7) is 6.21. The third-order valence-corrected chi connectivity index (χ3v) is 4.62. The molecule has 0 aromatic rings. The van der Waals surface area contributed by atoms with Crippen LogP contribution in [0.25, 0.3) is 0 Å². The van der Waals surface area contributed by atoms with Crippen molar-refractivity contribution < 1.29 is 0 Å². The Morgan fingerprint density at radius 3 is 2.25 bits per heavy atom. The van der Waals surface area contributed by atoms with Crippen molar-refractivity contribution >= 4 is 0 Å². The van der Waals surface area contributed by atoms with Crippen LogP contribution in [0.4, 0.5) is 0 Å². The summed E-state index contributed by atoms with van der Waals surface area (Å²) in [6, 6.07) is 0.479. The Balaban J connectivity index is 1.60. The molecule has 1 saturated carbocycles. The van der Waals surface area contributed by atoms with Gasteiger partial charge in [-0.3, -0.25) is 0 Å². The third kappa shape index (κ3) is 3.74. The van der Waals surface area contributed by atoms with E-state index in [2.05, 4.69) is 11.8 Å². The summed E-state index contributed by atoms with van der Waals surface area (Å²) in [6.07, 6.45) is 9.75. The lowest BCUT2D eigenvalue weighted by Gasteiger charge is -2.32. The highest BCUT2D eigenvalue weighted by molar-refractivity contribution is 4.76. The second kappa shape index (κ2) is 6.02. The second-order valence-corrected chi connectivity index (χ2v) is 6.09. The van der Waals surface area contributed by atoms with E-state index in [0.717, 1.165) is 11.8 Å². The largest absolute Gasteiger partial charge is 0.328 e. The summed E-state index contributed by atoms with van der Waals surface area (Å²) in [5.41, 5.74) is 5.92. The molecule has 0 spiro atoms. The van der Waals surface area contributed by atoms with Crippen LogP contribution in [0.1, 0.15) is 51.9 Å². The fourth-order valence-corrected chi connectivity index (χ4v) is 3.16. The van der Waals surface area contributed by atoms with Gasteiger partial charge in [0.1, 0.15) is 0 Å². The highest BCUT2D eigenvalue weighted by Gasteiger charge is 2.20. The molecule has 2 aliphatic rings. The van der Waals surface area contributed by atoms with E-state index in [-0.39, 0.29) is 0 Å².